The van der Waals surface area contributed by atoms with E-state index in [2.05, 4.69) is 10.6 Å². The van der Waals surface area contributed by atoms with E-state index in [1.165, 1.54) is 4.57 Å². The number of carbonyl (C=O) groups is 1. The third kappa shape index (κ3) is 3.24. The lowest BCUT2D eigenvalue weighted by Crippen LogP contribution is -2.45. The summed E-state index contributed by atoms with van der Waals surface area (Å²) in [5.41, 5.74) is 1.66. The quantitative estimate of drug-likeness (QED) is 0.804. The van der Waals surface area contributed by atoms with Crippen LogP contribution in [0.4, 0.5) is 10.5 Å². The molecular weight excluding hydrogens is 298 g/mol. The number of fused-ring (bicyclic) bond motifs is 1. The van der Waals surface area contributed by atoms with Gasteiger partial charge in [0.05, 0.1) is 5.52 Å². The third-order valence-electron chi connectivity index (χ3n) is 4.51. The number of benzene rings is 1. The number of aliphatic hydroxyl groups excluding tert-OH is 1. The number of hydrogen-bond acceptors (Lipinski definition) is 4. The Bertz CT molecular complexity index is 764. The van der Waals surface area contributed by atoms with E-state index in [9.17, 15) is 14.7 Å². The molecule has 0 saturated heterocycles. The Morgan fingerprint density at radius 3 is 2.96 bits per heavy atom. The number of oxazole rings is 1. The first kappa shape index (κ1) is 15.6. The number of rotatable bonds is 3. The predicted molar refractivity (Wildman–Crippen MR) is 86.4 cm³/mol. The van der Waals surface area contributed by atoms with E-state index >= 15 is 0 Å². The van der Waals surface area contributed by atoms with Crippen molar-refractivity contribution in [1.82, 2.24) is 9.88 Å². The molecule has 1 heterocycles. The normalized spacial score (nSPS) is 21.3. The maximum atomic E-state index is 12.1. The molecule has 2 atom stereocenters. The highest BCUT2D eigenvalue weighted by molar-refractivity contribution is 5.91. The standard InChI is InChI=1S/C16H21N3O4/c1-19-13-7-6-11(8-14(13)23-16(19)22)17-15(21)18-12-5-3-2-4-10(12)9-20/h6-8,10,12,20H,2-5,9H2,1H3,(H2,17,18,21). The number of urea groups is 1. The Hall–Kier alpha value is -2.28. The van der Waals surface area contributed by atoms with Gasteiger partial charge in [-0.1, -0.05) is 12.8 Å². The second kappa shape index (κ2) is 6.45. The van der Waals surface area contributed by atoms with E-state index in [4.69, 9.17) is 4.42 Å². The van der Waals surface area contributed by atoms with Gasteiger partial charge < -0.3 is 20.2 Å². The van der Waals surface area contributed by atoms with Crippen molar-refractivity contribution in [2.45, 2.75) is 31.7 Å². The molecule has 0 bridgehead atoms. The molecule has 1 aromatic heterocycles. The second-order valence-electron chi connectivity index (χ2n) is 6.04. The number of anilines is 1. The van der Waals surface area contributed by atoms with Gasteiger partial charge >= 0.3 is 11.8 Å². The molecule has 1 fully saturated rings. The van der Waals surface area contributed by atoms with Crippen molar-refractivity contribution < 1.29 is 14.3 Å². The summed E-state index contributed by atoms with van der Waals surface area (Å²) in [6.07, 6.45) is 3.96. The number of aliphatic hydroxyl groups is 1. The van der Waals surface area contributed by atoms with Crippen LogP contribution >= 0.6 is 0 Å². The molecule has 7 nitrogen and oxygen atoms in total. The largest absolute Gasteiger partial charge is 0.419 e. The molecule has 2 amide bonds. The van der Waals surface area contributed by atoms with E-state index < -0.39 is 5.76 Å². The zero-order chi connectivity index (χ0) is 16.4. The fourth-order valence-electron chi connectivity index (χ4n) is 3.16. The van der Waals surface area contributed by atoms with Crippen molar-refractivity contribution in [3.05, 3.63) is 28.7 Å². The van der Waals surface area contributed by atoms with Crippen molar-refractivity contribution in [2.24, 2.45) is 13.0 Å². The van der Waals surface area contributed by atoms with Crippen molar-refractivity contribution in [1.29, 1.82) is 0 Å². The van der Waals surface area contributed by atoms with Crippen LogP contribution in [-0.2, 0) is 7.05 Å². The molecule has 23 heavy (non-hydrogen) atoms. The lowest BCUT2D eigenvalue weighted by Gasteiger charge is -2.30. The maximum absolute atomic E-state index is 12.1. The van der Waals surface area contributed by atoms with Crippen LogP contribution in [0.1, 0.15) is 25.7 Å². The molecule has 1 aliphatic rings. The number of amides is 2. The van der Waals surface area contributed by atoms with Crippen LogP contribution in [0, 0.1) is 5.92 Å². The van der Waals surface area contributed by atoms with Gasteiger partial charge in [0.1, 0.15) is 0 Å². The molecule has 1 saturated carbocycles. The number of carbonyl (C=O) groups excluding carboxylic acids is 1. The zero-order valence-corrected chi connectivity index (χ0v) is 13.0. The van der Waals surface area contributed by atoms with E-state index in [-0.39, 0.29) is 24.6 Å². The Morgan fingerprint density at radius 1 is 1.39 bits per heavy atom. The molecule has 2 unspecified atom stereocenters. The Balaban J connectivity index is 1.68. The Kier molecular flexibility index (Phi) is 4.38. The summed E-state index contributed by atoms with van der Waals surface area (Å²) in [6.45, 7) is 0.0894. The van der Waals surface area contributed by atoms with Crippen molar-refractivity contribution in [3.63, 3.8) is 0 Å². The summed E-state index contributed by atoms with van der Waals surface area (Å²) in [5.74, 6) is -0.321. The summed E-state index contributed by atoms with van der Waals surface area (Å²) < 4.78 is 6.52. The predicted octanol–water partition coefficient (Wildman–Crippen LogP) is 1.80. The topological polar surface area (TPSA) is 96.5 Å². The fraction of sp³-hybridized carbons (Fsp3) is 0.500. The lowest BCUT2D eigenvalue weighted by atomic mass is 9.85. The van der Waals surface area contributed by atoms with E-state index in [1.807, 2.05) is 0 Å². The van der Waals surface area contributed by atoms with Crippen LogP contribution in [0.25, 0.3) is 11.1 Å². The number of nitrogens with one attached hydrogen (secondary N) is 2. The molecule has 2 aromatic rings. The minimum Gasteiger partial charge on any atom is -0.408 e. The van der Waals surface area contributed by atoms with Gasteiger partial charge in [-0.15, -0.1) is 0 Å². The van der Waals surface area contributed by atoms with Crippen LogP contribution in [-0.4, -0.2) is 28.4 Å². The van der Waals surface area contributed by atoms with Crippen molar-refractivity contribution in [2.75, 3.05) is 11.9 Å². The van der Waals surface area contributed by atoms with E-state index in [1.54, 1.807) is 25.2 Å². The molecular formula is C16H21N3O4. The first-order valence-corrected chi connectivity index (χ1v) is 7.86. The number of hydrogen-bond donors (Lipinski definition) is 3. The molecule has 0 aliphatic heterocycles. The van der Waals surface area contributed by atoms with Crippen molar-refractivity contribution >= 4 is 22.8 Å². The number of aromatic nitrogens is 1. The SMILES string of the molecule is Cn1c(=O)oc2cc(NC(=O)NC3CCCCC3CO)ccc21. The van der Waals surface area contributed by atoms with Crippen LogP contribution < -0.4 is 16.4 Å². The highest BCUT2D eigenvalue weighted by atomic mass is 16.4. The molecule has 3 rings (SSSR count). The molecule has 3 N–H and O–H groups in total. The highest BCUT2D eigenvalue weighted by Crippen LogP contribution is 2.24. The maximum Gasteiger partial charge on any atom is 0.419 e. The van der Waals surface area contributed by atoms with Crippen molar-refractivity contribution in [3.8, 4) is 0 Å². The van der Waals surface area contributed by atoms with Gasteiger partial charge in [0.2, 0.25) is 0 Å². The lowest BCUT2D eigenvalue weighted by molar-refractivity contribution is 0.156. The van der Waals surface area contributed by atoms with Gasteiger partial charge in [0, 0.05) is 37.4 Å². The average molecular weight is 319 g/mol. The van der Waals surface area contributed by atoms with Crippen LogP contribution in [0.3, 0.4) is 0 Å². The van der Waals surface area contributed by atoms with Gasteiger partial charge in [0.25, 0.3) is 0 Å². The molecule has 0 spiro atoms. The average Bonchev–Trinajstić information content (AvgIpc) is 2.82. The molecule has 7 heteroatoms. The second-order valence-corrected chi connectivity index (χ2v) is 6.04. The minimum absolute atomic E-state index is 0.00728. The zero-order valence-electron chi connectivity index (χ0n) is 13.0. The van der Waals surface area contributed by atoms with E-state index in [0.717, 1.165) is 25.7 Å². The van der Waals surface area contributed by atoms with Crippen LogP contribution in [0.2, 0.25) is 0 Å². The first-order valence-electron chi connectivity index (χ1n) is 7.86. The third-order valence-corrected chi connectivity index (χ3v) is 4.51. The summed E-state index contributed by atoms with van der Waals surface area (Å²) in [5, 5.41) is 15.1. The summed E-state index contributed by atoms with van der Waals surface area (Å²) >= 11 is 0. The molecule has 1 aromatic carbocycles. The fourth-order valence-corrected chi connectivity index (χ4v) is 3.16. The smallest absolute Gasteiger partial charge is 0.408 e. The first-order chi connectivity index (χ1) is 11.1. The van der Waals surface area contributed by atoms with Crippen LogP contribution in [0.5, 0.6) is 0 Å². The highest BCUT2D eigenvalue weighted by Gasteiger charge is 2.25. The number of nitrogens with zero attached hydrogens (tertiary/aromatic N) is 1. The molecule has 1 aliphatic carbocycles. The minimum atomic E-state index is -0.436. The molecule has 0 radical (unpaired) electrons. The monoisotopic (exact) mass is 319 g/mol. The summed E-state index contributed by atoms with van der Waals surface area (Å²) in [6, 6.07) is 4.76. The van der Waals surface area contributed by atoms with Gasteiger partial charge in [-0.3, -0.25) is 4.57 Å². The number of aryl methyl sites for hydroxylation is 1. The van der Waals surface area contributed by atoms with Crippen LogP contribution in [0.15, 0.2) is 27.4 Å². The van der Waals surface area contributed by atoms with Gasteiger partial charge in [-0.2, -0.15) is 0 Å². The van der Waals surface area contributed by atoms with Gasteiger partial charge in [-0.25, -0.2) is 9.59 Å². The van der Waals surface area contributed by atoms with Gasteiger partial charge in [-0.05, 0) is 25.0 Å². The Morgan fingerprint density at radius 2 is 2.17 bits per heavy atom. The molecule has 124 valence electrons. The van der Waals surface area contributed by atoms with Gasteiger partial charge in [0.15, 0.2) is 5.58 Å². The summed E-state index contributed by atoms with van der Waals surface area (Å²) in [4.78, 5) is 23.6. The summed E-state index contributed by atoms with van der Waals surface area (Å²) in [7, 11) is 1.63. The van der Waals surface area contributed by atoms with E-state index in [0.29, 0.717) is 16.8 Å². The Labute approximate surface area is 133 Å².